The van der Waals surface area contributed by atoms with Gasteiger partial charge in [-0.25, -0.2) is 4.79 Å². The number of nitrogens with zero attached hydrogens (tertiary/aromatic N) is 3. The fraction of sp³-hybridized carbons (Fsp3) is 0.500. The van der Waals surface area contributed by atoms with E-state index >= 15 is 0 Å². The number of hydrogen-bond acceptors (Lipinski definition) is 6. The monoisotopic (exact) mass is 323 g/mol. The van der Waals surface area contributed by atoms with Gasteiger partial charge in [-0.1, -0.05) is 0 Å². The van der Waals surface area contributed by atoms with Crippen molar-refractivity contribution in [1.82, 2.24) is 10.2 Å². The van der Waals surface area contributed by atoms with E-state index in [0.717, 1.165) is 5.69 Å². The summed E-state index contributed by atoms with van der Waals surface area (Å²) in [4.78, 5) is 26.0. The molecule has 126 valence electrons. The summed E-state index contributed by atoms with van der Waals surface area (Å²) in [5, 5.41) is 22.9. The van der Waals surface area contributed by atoms with E-state index in [2.05, 4.69) is 5.32 Å². The molecule has 0 aliphatic carbocycles. The number of nitrogens with one attached hydrogen (secondary N) is 1. The molecular formula is C14H21N5O4. The third kappa shape index (κ3) is 4.08. The number of carbonyl (C=O) groups excluding carboxylic acids is 1. The standard InChI is InChI=1S/C14H21N5O4/c15-3-4-16-14(21)18-7-5-17(6-8-18)12-1-2-13(19(22)23)11(9-12)10-20/h1-2,9,20H,3-8,10,15H2,(H,16,21). The molecule has 1 aliphatic rings. The third-order valence-electron chi connectivity index (χ3n) is 3.78. The Hall–Kier alpha value is -2.39. The maximum absolute atomic E-state index is 11.9. The van der Waals surface area contributed by atoms with Gasteiger partial charge >= 0.3 is 6.03 Å². The van der Waals surface area contributed by atoms with Crippen molar-refractivity contribution in [2.75, 3.05) is 44.2 Å². The first kappa shape index (κ1) is 17.0. The summed E-state index contributed by atoms with van der Waals surface area (Å²) < 4.78 is 0. The molecule has 0 spiro atoms. The molecular weight excluding hydrogens is 302 g/mol. The minimum atomic E-state index is -0.505. The van der Waals surface area contributed by atoms with Crippen molar-refractivity contribution in [2.24, 2.45) is 5.73 Å². The molecule has 1 fully saturated rings. The topological polar surface area (TPSA) is 125 Å². The molecule has 9 heteroatoms. The third-order valence-corrected chi connectivity index (χ3v) is 3.78. The fourth-order valence-corrected chi connectivity index (χ4v) is 2.53. The fourth-order valence-electron chi connectivity index (χ4n) is 2.53. The average Bonchev–Trinajstić information content (AvgIpc) is 2.59. The largest absolute Gasteiger partial charge is 0.391 e. The number of benzene rings is 1. The molecule has 2 amide bonds. The van der Waals surface area contributed by atoms with Crippen molar-refractivity contribution in [3.63, 3.8) is 0 Å². The van der Waals surface area contributed by atoms with Gasteiger partial charge in [0.05, 0.1) is 17.1 Å². The lowest BCUT2D eigenvalue weighted by molar-refractivity contribution is -0.385. The van der Waals surface area contributed by atoms with Gasteiger partial charge in [-0.3, -0.25) is 10.1 Å². The van der Waals surface area contributed by atoms with Gasteiger partial charge in [-0.05, 0) is 12.1 Å². The van der Waals surface area contributed by atoms with E-state index in [9.17, 15) is 20.0 Å². The smallest absolute Gasteiger partial charge is 0.317 e. The van der Waals surface area contributed by atoms with Crippen molar-refractivity contribution in [3.05, 3.63) is 33.9 Å². The quantitative estimate of drug-likeness (QED) is 0.512. The van der Waals surface area contributed by atoms with Gasteiger partial charge in [0.25, 0.3) is 5.69 Å². The molecule has 23 heavy (non-hydrogen) atoms. The van der Waals surface area contributed by atoms with Gasteiger partial charge in [0.1, 0.15) is 0 Å². The van der Waals surface area contributed by atoms with Crippen LogP contribution in [0, 0.1) is 10.1 Å². The lowest BCUT2D eigenvalue weighted by atomic mass is 10.1. The highest BCUT2D eigenvalue weighted by Crippen LogP contribution is 2.25. The van der Waals surface area contributed by atoms with E-state index in [-0.39, 0.29) is 23.9 Å². The predicted octanol–water partition coefficient (Wildman–Crippen LogP) is -0.123. The van der Waals surface area contributed by atoms with E-state index in [1.165, 1.54) is 6.07 Å². The van der Waals surface area contributed by atoms with Crippen LogP contribution in [0.5, 0.6) is 0 Å². The van der Waals surface area contributed by atoms with Crippen LogP contribution in [-0.4, -0.2) is 60.2 Å². The summed E-state index contributed by atoms with van der Waals surface area (Å²) in [6, 6.07) is 4.57. The maximum Gasteiger partial charge on any atom is 0.317 e. The maximum atomic E-state index is 11.9. The van der Waals surface area contributed by atoms with Crippen LogP contribution in [0.1, 0.15) is 5.56 Å². The van der Waals surface area contributed by atoms with Crippen LogP contribution in [0.15, 0.2) is 18.2 Å². The van der Waals surface area contributed by atoms with Crippen molar-refractivity contribution in [2.45, 2.75) is 6.61 Å². The van der Waals surface area contributed by atoms with Gasteiger partial charge in [0, 0.05) is 51.0 Å². The van der Waals surface area contributed by atoms with Crippen LogP contribution in [0.25, 0.3) is 0 Å². The highest BCUT2D eigenvalue weighted by atomic mass is 16.6. The number of aliphatic hydroxyl groups excluding tert-OH is 1. The summed E-state index contributed by atoms with van der Waals surface area (Å²) in [7, 11) is 0. The number of hydrogen-bond donors (Lipinski definition) is 3. The summed E-state index contributed by atoms with van der Waals surface area (Å²) in [5.41, 5.74) is 6.36. The molecule has 1 aliphatic heterocycles. The molecule has 2 rings (SSSR count). The molecule has 0 atom stereocenters. The zero-order valence-corrected chi connectivity index (χ0v) is 12.8. The summed E-state index contributed by atoms with van der Waals surface area (Å²) in [6.45, 7) is 2.83. The first-order valence-corrected chi connectivity index (χ1v) is 7.42. The summed E-state index contributed by atoms with van der Waals surface area (Å²) >= 11 is 0. The molecule has 1 aromatic rings. The number of anilines is 1. The molecule has 9 nitrogen and oxygen atoms in total. The lowest BCUT2D eigenvalue weighted by Gasteiger charge is -2.36. The Labute approximate surface area is 133 Å². The average molecular weight is 323 g/mol. The molecule has 1 saturated heterocycles. The van der Waals surface area contributed by atoms with Crippen LogP contribution in [0.2, 0.25) is 0 Å². The second-order valence-corrected chi connectivity index (χ2v) is 5.22. The number of urea groups is 1. The first-order valence-electron chi connectivity index (χ1n) is 7.42. The number of rotatable bonds is 5. The molecule has 0 aromatic heterocycles. The van der Waals surface area contributed by atoms with Crippen LogP contribution in [0.4, 0.5) is 16.2 Å². The Kier molecular flexibility index (Phi) is 5.72. The molecule has 0 unspecified atom stereocenters. The number of nitro benzene ring substituents is 1. The minimum Gasteiger partial charge on any atom is -0.391 e. The summed E-state index contributed by atoms with van der Waals surface area (Å²) in [6.07, 6.45) is 0. The van der Waals surface area contributed by atoms with E-state index < -0.39 is 4.92 Å². The van der Waals surface area contributed by atoms with Crippen molar-refractivity contribution in [3.8, 4) is 0 Å². The Morgan fingerprint density at radius 3 is 2.61 bits per heavy atom. The van der Waals surface area contributed by atoms with Gasteiger partial charge in [-0.15, -0.1) is 0 Å². The summed E-state index contributed by atoms with van der Waals surface area (Å²) in [5.74, 6) is 0. The molecule has 4 N–H and O–H groups in total. The van der Waals surface area contributed by atoms with Crippen molar-refractivity contribution < 1.29 is 14.8 Å². The molecule has 1 heterocycles. The van der Waals surface area contributed by atoms with Crippen LogP contribution < -0.4 is 16.0 Å². The highest BCUT2D eigenvalue weighted by molar-refractivity contribution is 5.74. The Morgan fingerprint density at radius 1 is 1.35 bits per heavy atom. The second-order valence-electron chi connectivity index (χ2n) is 5.22. The number of amides is 2. The zero-order valence-electron chi connectivity index (χ0n) is 12.8. The number of aliphatic hydroxyl groups is 1. The minimum absolute atomic E-state index is 0.0870. The molecule has 0 radical (unpaired) electrons. The highest BCUT2D eigenvalue weighted by Gasteiger charge is 2.22. The van der Waals surface area contributed by atoms with Gasteiger partial charge < -0.3 is 26.0 Å². The van der Waals surface area contributed by atoms with E-state index in [0.29, 0.717) is 39.3 Å². The lowest BCUT2D eigenvalue weighted by Crippen LogP contribution is -2.52. The predicted molar refractivity (Wildman–Crippen MR) is 85.3 cm³/mol. The molecule has 1 aromatic carbocycles. The van der Waals surface area contributed by atoms with E-state index in [4.69, 9.17) is 5.73 Å². The second kappa shape index (κ2) is 7.75. The van der Waals surface area contributed by atoms with Gasteiger partial charge in [0.15, 0.2) is 0 Å². The normalized spacial score (nSPS) is 14.7. The Bertz CT molecular complexity index is 572. The number of nitrogens with two attached hydrogens (primary N) is 1. The van der Waals surface area contributed by atoms with Crippen LogP contribution >= 0.6 is 0 Å². The Balaban J connectivity index is 2.00. The van der Waals surface area contributed by atoms with Crippen molar-refractivity contribution in [1.29, 1.82) is 0 Å². The SMILES string of the molecule is NCCNC(=O)N1CCN(c2ccc([N+](=O)[O-])c(CO)c2)CC1. The molecule has 0 saturated carbocycles. The van der Waals surface area contributed by atoms with Crippen LogP contribution in [0.3, 0.4) is 0 Å². The van der Waals surface area contributed by atoms with Crippen molar-refractivity contribution >= 4 is 17.4 Å². The van der Waals surface area contributed by atoms with Gasteiger partial charge in [0.2, 0.25) is 0 Å². The molecule has 0 bridgehead atoms. The number of piperazine rings is 1. The van der Waals surface area contributed by atoms with E-state index in [1.807, 2.05) is 4.90 Å². The number of nitro groups is 1. The van der Waals surface area contributed by atoms with E-state index in [1.54, 1.807) is 17.0 Å². The zero-order chi connectivity index (χ0) is 16.8. The van der Waals surface area contributed by atoms with Gasteiger partial charge in [-0.2, -0.15) is 0 Å². The number of carbonyl (C=O) groups is 1. The van der Waals surface area contributed by atoms with Crippen LogP contribution in [-0.2, 0) is 6.61 Å². The Morgan fingerprint density at radius 2 is 2.04 bits per heavy atom. The first-order chi connectivity index (χ1) is 11.1.